The maximum Gasteiger partial charge on any atom is 0.303 e. The van der Waals surface area contributed by atoms with E-state index in [-0.39, 0.29) is 29.5 Å². The van der Waals surface area contributed by atoms with Crippen molar-refractivity contribution in [3.05, 3.63) is 59.2 Å². The Morgan fingerprint density at radius 1 is 1.15 bits per heavy atom. The summed E-state index contributed by atoms with van der Waals surface area (Å²) in [6.45, 7) is 4.36. The van der Waals surface area contributed by atoms with E-state index in [1.807, 2.05) is 32.0 Å². The number of para-hydroxylation sites is 1. The van der Waals surface area contributed by atoms with Gasteiger partial charge in [0.15, 0.2) is 0 Å². The van der Waals surface area contributed by atoms with Crippen molar-refractivity contribution in [1.29, 1.82) is 0 Å². The molecule has 7 heteroatoms. The SMILES string of the molecule is CCCN(Cc1cc(C(CCC2CCCC2)CC(=O)O)ccc1C)S(=O)(=O)c1ccccc1O. The number of aromatic hydroxyl groups is 1. The van der Waals surface area contributed by atoms with Crippen LogP contribution < -0.4 is 0 Å². The molecule has 0 heterocycles. The molecule has 1 fully saturated rings. The lowest BCUT2D eigenvalue weighted by Crippen LogP contribution is -2.31. The van der Waals surface area contributed by atoms with Crippen molar-refractivity contribution in [2.75, 3.05) is 6.54 Å². The van der Waals surface area contributed by atoms with Gasteiger partial charge in [0.1, 0.15) is 10.6 Å². The number of phenolic OH excluding ortho intramolecular Hbond substituents is 1. The van der Waals surface area contributed by atoms with Crippen LogP contribution in [-0.4, -0.2) is 35.5 Å². The van der Waals surface area contributed by atoms with Crippen LogP contribution in [0.4, 0.5) is 0 Å². The van der Waals surface area contributed by atoms with Crippen molar-refractivity contribution in [2.24, 2.45) is 5.92 Å². The number of benzene rings is 2. The number of carboxylic acid groups (broad SMARTS) is 1. The number of nitrogens with zero attached hydrogens (tertiary/aromatic N) is 1. The summed E-state index contributed by atoms with van der Waals surface area (Å²) in [5, 5.41) is 19.7. The molecule has 0 saturated heterocycles. The van der Waals surface area contributed by atoms with Crippen LogP contribution in [-0.2, 0) is 21.4 Å². The fourth-order valence-electron chi connectivity index (χ4n) is 4.99. The minimum absolute atomic E-state index is 0.0735. The molecule has 0 aliphatic heterocycles. The largest absolute Gasteiger partial charge is 0.507 e. The first-order valence-corrected chi connectivity index (χ1v) is 13.8. The zero-order valence-electron chi connectivity index (χ0n) is 20.2. The third kappa shape index (κ3) is 6.60. The maximum atomic E-state index is 13.4. The first-order valence-electron chi connectivity index (χ1n) is 12.3. The van der Waals surface area contributed by atoms with Crippen molar-refractivity contribution in [1.82, 2.24) is 4.31 Å². The third-order valence-corrected chi connectivity index (χ3v) is 8.86. The number of hydrogen-bond acceptors (Lipinski definition) is 4. The van der Waals surface area contributed by atoms with Crippen molar-refractivity contribution in [3.63, 3.8) is 0 Å². The number of aliphatic carboxylic acids is 1. The first-order chi connectivity index (χ1) is 16.2. The molecule has 2 N–H and O–H groups in total. The van der Waals surface area contributed by atoms with E-state index in [9.17, 15) is 23.4 Å². The number of phenols is 1. The van der Waals surface area contributed by atoms with Gasteiger partial charge in [-0.3, -0.25) is 4.79 Å². The maximum absolute atomic E-state index is 13.4. The highest BCUT2D eigenvalue weighted by Crippen LogP contribution is 2.35. The number of sulfonamides is 1. The topological polar surface area (TPSA) is 94.9 Å². The zero-order valence-corrected chi connectivity index (χ0v) is 21.1. The predicted octanol–water partition coefficient (Wildman–Crippen LogP) is 5.83. The van der Waals surface area contributed by atoms with Gasteiger partial charge in [-0.25, -0.2) is 8.42 Å². The molecule has 1 aliphatic rings. The summed E-state index contributed by atoms with van der Waals surface area (Å²) < 4.78 is 28.1. The molecule has 1 aliphatic carbocycles. The van der Waals surface area contributed by atoms with Gasteiger partial charge in [-0.15, -0.1) is 0 Å². The van der Waals surface area contributed by atoms with E-state index in [4.69, 9.17) is 0 Å². The average molecular weight is 488 g/mol. The highest BCUT2D eigenvalue weighted by atomic mass is 32.2. The Kier molecular flexibility index (Phi) is 9.14. The van der Waals surface area contributed by atoms with Gasteiger partial charge in [-0.1, -0.05) is 62.9 Å². The summed E-state index contributed by atoms with van der Waals surface area (Å²) in [5.74, 6) is -0.479. The van der Waals surface area contributed by atoms with E-state index >= 15 is 0 Å². The van der Waals surface area contributed by atoms with Crippen LogP contribution >= 0.6 is 0 Å². The van der Waals surface area contributed by atoms with Crippen LogP contribution in [0.3, 0.4) is 0 Å². The molecule has 0 spiro atoms. The van der Waals surface area contributed by atoms with E-state index in [2.05, 4.69) is 0 Å². The zero-order chi connectivity index (χ0) is 24.7. The monoisotopic (exact) mass is 487 g/mol. The van der Waals surface area contributed by atoms with Gasteiger partial charge in [-0.2, -0.15) is 4.31 Å². The number of rotatable bonds is 12. The van der Waals surface area contributed by atoms with Gasteiger partial charge >= 0.3 is 5.97 Å². The molecular formula is C27H37NO5S. The Morgan fingerprint density at radius 2 is 1.85 bits per heavy atom. The molecule has 6 nitrogen and oxygen atoms in total. The minimum atomic E-state index is -3.89. The first kappa shape index (κ1) is 26.2. The lowest BCUT2D eigenvalue weighted by atomic mass is 9.86. The summed E-state index contributed by atoms with van der Waals surface area (Å²) in [6.07, 6.45) is 7.56. The van der Waals surface area contributed by atoms with Crippen molar-refractivity contribution < 1.29 is 23.4 Å². The van der Waals surface area contributed by atoms with E-state index in [0.717, 1.165) is 29.5 Å². The Balaban J connectivity index is 1.87. The number of carbonyl (C=O) groups is 1. The summed E-state index contributed by atoms with van der Waals surface area (Å²) in [5.41, 5.74) is 2.78. The van der Waals surface area contributed by atoms with Crippen LogP contribution in [0.25, 0.3) is 0 Å². The lowest BCUT2D eigenvalue weighted by molar-refractivity contribution is -0.137. The summed E-state index contributed by atoms with van der Waals surface area (Å²) in [6, 6.07) is 11.9. The Labute approximate surface area is 203 Å². The molecule has 3 rings (SSSR count). The second kappa shape index (κ2) is 11.8. The standard InChI is InChI=1S/C27H37NO5S/c1-3-16-28(34(32,33)26-11-7-6-10-25(26)29)19-24-17-22(14-12-20(24)2)23(18-27(30)31)15-13-21-8-4-5-9-21/h6-7,10-12,14,17,21,23,29H,3-5,8-9,13,15-16,18-19H2,1-2H3,(H,30,31). The van der Waals surface area contributed by atoms with E-state index in [0.29, 0.717) is 18.9 Å². The van der Waals surface area contributed by atoms with Gasteiger partial charge in [0.25, 0.3) is 0 Å². The van der Waals surface area contributed by atoms with Crippen LogP contribution in [0.5, 0.6) is 5.75 Å². The van der Waals surface area contributed by atoms with E-state index in [1.54, 1.807) is 12.1 Å². The normalized spacial score (nSPS) is 15.6. The molecule has 1 atom stereocenters. The molecule has 2 aromatic rings. The summed E-state index contributed by atoms with van der Waals surface area (Å²) in [4.78, 5) is 11.5. The molecule has 1 saturated carbocycles. The summed E-state index contributed by atoms with van der Waals surface area (Å²) >= 11 is 0. The quantitative estimate of drug-likeness (QED) is 0.393. The molecule has 0 radical (unpaired) electrons. The Hall–Kier alpha value is -2.38. The Bertz CT molecular complexity index is 1080. The molecular weight excluding hydrogens is 450 g/mol. The second-order valence-electron chi connectivity index (χ2n) is 9.51. The fourth-order valence-corrected chi connectivity index (χ4v) is 6.58. The van der Waals surface area contributed by atoms with Crippen LogP contribution in [0.1, 0.15) is 80.9 Å². The lowest BCUT2D eigenvalue weighted by Gasteiger charge is -2.24. The second-order valence-corrected chi connectivity index (χ2v) is 11.4. The summed E-state index contributed by atoms with van der Waals surface area (Å²) in [7, 11) is -3.89. The molecule has 0 bridgehead atoms. The fraction of sp³-hybridized carbons (Fsp3) is 0.519. The van der Waals surface area contributed by atoms with E-state index < -0.39 is 16.0 Å². The number of aryl methyl sites for hydroxylation is 1. The molecule has 1 unspecified atom stereocenters. The Morgan fingerprint density at radius 3 is 2.50 bits per heavy atom. The molecule has 34 heavy (non-hydrogen) atoms. The third-order valence-electron chi connectivity index (χ3n) is 6.97. The van der Waals surface area contributed by atoms with Crippen LogP contribution in [0.15, 0.2) is 47.4 Å². The highest BCUT2D eigenvalue weighted by molar-refractivity contribution is 7.89. The van der Waals surface area contributed by atoms with Crippen LogP contribution in [0, 0.1) is 12.8 Å². The molecule has 186 valence electrons. The van der Waals surface area contributed by atoms with Crippen molar-refractivity contribution in [3.8, 4) is 5.75 Å². The van der Waals surface area contributed by atoms with Gasteiger partial charge in [0, 0.05) is 13.1 Å². The van der Waals surface area contributed by atoms with Crippen molar-refractivity contribution in [2.45, 2.75) is 82.6 Å². The average Bonchev–Trinajstić information content (AvgIpc) is 3.31. The van der Waals surface area contributed by atoms with Gasteiger partial charge in [0.2, 0.25) is 10.0 Å². The molecule has 0 aromatic heterocycles. The van der Waals surface area contributed by atoms with Crippen LogP contribution in [0.2, 0.25) is 0 Å². The number of carboxylic acids is 1. The van der Waals surface area contributed by atoms with Gasteiger partial charge < -0.3 is 10.2 Å². The van der Waals surface area contributed by atoms with Gasteiger partial charge in [0.05, 0.1) is 6.42 Å². The smallest absolute Gasteiger partial charge is 0.303 e. The predicted molar refractivity (Wildman–Crippen MR) is 133 cm³/mol. The number of hydrogen-bond donors (Lipinski definition) is 2. The molecule has 2 aromatic carbocycles. The van der Waals surface area contributed by atoms with E-state index in [1.165, 1.54) is 42.1 Å². The van der Waals surface area contributed by atoms with Crippen molar-refractivity contribution >= 4 is 16.0 Å². The highest BCUT2D eigenvalue weighted by Gasteiger charge is 2.28. The van der Waals surface area contributed by atoms with Gasteiger partial charge in [-0.05, 0) is 66.8 Å². The minimum Gasteiger partial charge on any atom is -0.507 e. The molecule has 0 amide bonds.